The predicted octanol–water partition coefficient (Wildman–Crippen LogP) is 2.90. The summed E-state index contributed by atoms with van der Waals surface area (Å²) in [6.45, 7) is 1.22. The van der Waals surface area contributed by atoms with Gasteiger partial charge in [0.25, 0.3) is 5.91 Å². The lowest BCUT2D eigenvalue weighted by atomic mass is 9.83. The van der Waals surface area contributed by atoms with Gasteiger partial charge >= 0.3 is 0 Å². The smallest absolute Gasteiger partial charge is 0.252 e. The van der Waals surface area contributed by atoms with Crippen LogP contribution in [-0.2, 0) is 14.6 Å². The van der Waals surface area contributed by atoms with E-state index in [0.29, 0.717) is 32.5 Å². The van der Waals surface area contributed by atoms with Gasteiger partial charge in [0.05, 0.1) is 5.56 Å². The summed E-state index contributed by atoms with van der Waals surface area (Å²) in [5.74, 6) is -4.42. The zero-order chi connectivity index (χ0) is 27.0. The van der Waals surface area contributed by atoms with Gasteiger partial charge in [-0.3, -0.25) is 14.5 Å². The fourth-order valence-electron chi connectivity index (χ4n) is 6.45. The van der Waals surface area contributed by atoms with Crippen LogP contribution in [-0.4, -0.2) is 84.8 Å². The van der Waals surface area contributed by atoms with Crippen molar-refractivity contribution in [2.24, 2.45) is 11.7 Å². The topological polar surface area (TPSA) is 121 Å². The number of phenols is 1. The molecule has 2 saturated heterocycles. The van der Waals surface area contributed by atoms with E-state index in [-0.39, 0.29) is 48.1 Å². The number of alkyl halides is 2. The largest absolute Gasteiger partial charge is 0.507 e. The quantitative estimate of drug-likeness (QED) is 0.496. The van der Waals surface area contributed by atoms with Crippen molar-refractivity contribution >= 4 is 21.7 Å². The number of nitrogens with two attached hydrogens (primary N) is 1. The first kappa shape index (κ1) is 27.8. The SMILES string of the molecule is CS(=O)(=O)CC(=O)N(CCN1[C@@H]2CC[C@H]1CC(c1cccc(C(N)=O)c1O)C2)CC1CCC(F)(F)CC1. The van der Waals surface area contributed by atoms with Crippen LogP contribution in [0.2, 0.25) is 0 Å². The zero-order valence-corrected chi connectivity index (χ0v) is 22.1. The average Bonchev–Trinajstić information content (AvgIpc) is 3.03. The van der Waals surface area contributed by atoms with E-state index in [1.54, 1.807) is 11.0 Å². The van der Waals surface area contributed by atoms with E-state index in [9.17, 15) is 31.9 Å². The summed E-state index contributed by atoms with van der Waals surface area (Å²) in [6.07, 6.45) is 4.81. The van der Waals surface area contributed by atoms with Crippen LogP contribution < -0.4 is 5.73 Å². The van der Waals surface area contributed by atoms with E-state index in [4.69, 9.17) is 5.73 Å². The molecule has 2 bridgehead atoms. The standard InChI is InChI=1S/C26H37F2N3O5S/c1-37(35,36)16-23(32)30(15-17-7-9-26(27,28)10-8-17)11-12-31-19-5-6-20(31)14-18(13-19)21-3-2-4-22(24(21)33)25(29)34/h2-4,17-20,33H,5-16H2,1H3,(H2,29,34)/t18?,19-,20+. The number of sulfone groups is 1. The zero-order valence-electron chi connectivity index (χ0n) is 21.2. The predicted molar refractivity (Wildman–Crippen MR) is 135 cm³/mol. The van der Waals surface area contributed by atoms with Crippen molar-refractivity contribution in [2.75, 3.05) is 31.6 Å². The summed E-state index contributed by atoms with van der Waals surface area (Å²) in [5, 5.41) is 10.6. The highest BCUT2D eigenvalue weighted by Crippen LogP contribution is 2.45. The van der Waals surface area contributed by atoms with Gasteiger partial charge in [-0.2, -0.15) is 0 Å². The molecule has 3 fully saturated rings. The molecule has 0 radical (unpaired) electrons. The molecule has 2 amide bonds. The van der Waals surface area contributed by atoms with Crippen LogP contribution in [0.1, 0.15) is 73.2 Å². The highest BCUT2D eigenvalue weighted by Gasteiger charge is 2.42. The molecular weight excluding hydrogens is 504 g/mol. The Morgan fingerprint density at radius 1 is 1.14 bits per heavy atom. The van der Waals surface area contributed by atoms with Gasteiger partial charge in [0, 0.05) is 50.8 Å². The number of halogens is 2. The van der Waals surface area contributed by atoms with E-state index in [1.807, 2.05) is 6.07 Å². The van der Waals surface area contributed by atoms with Crippen LogP contribution in [0, 0.1) is 5.92 Å². The highest BCUT2D eigenvalue weighted by molar-refractivity contribution is 7.91. The van der Waals surface area contributed by atoms with Crippen molar-refractivity contribution in [3.63, 3.8) is 0 Å². The number of nitrogens with zero attached hydrogens (tertiary/aromatic N) is 2. The van der Waals surface area contributed by atoms with Gasteiger partial charge in [0.1, 0.15) is 11.5 Å². The number of carbonyl (C=O) groups is 2. The molecule has 206 valence electrons. The van der Waals surface area contributed by atoms with Crippen LogP contribution >= 0.6 is 0 Å². The molecule has 11 heteroatoms. The molecule has 1 aromatic carbocycles. The lowest BCUT2D eigenvalue weighted by Crippen LogP contribution is -2.48. The van der Waals surface area contributed by atoms with Crippen LogP contribution in [0.3, 0.4) is 0 Å². The summed E-state index contributed by atoms with van der Waals surface area (Å²) >= 11 is 0. The lowest BCUT2D eigenvalue weighted by Gasteiger charge is -2.41. The van der Waals surface area contributed by atoms with Crippen LogP contribution in [0.4, 0.5) is 8.78 Å². The van der Waals surface area contributed by atoms with Crippen LogP contribution in [0.15, 0.2) is 18.2 Å². The number of benzene rings is 1. The van der Waals surface area contributed by atoms with Crippen molar-refractivity contribution in [1.82, 2.24) is 9.80 Å². The maximum absolute atomic E-state index is 13.6. The van der Waals surface area contributed by atoms with E-state index in [2.05, 4.69) is 4.90 Å². The first-order valence-electron chi connectivity index (χ1n) is 13.0. The molecule has 2 aliphatic heterocycles. The fraction of sp³-hybridized carbons (Fsp3) is 0.692. The number of hydrogen-bond acceptors (Lipinski definition) is 6. The number of carbonyl (C=O) groups excluding carboxylic acids is 2. The Labute approximate surface area is 217 Å². The molecule has 37 heavy (non-hydrogen) atoms. The Morgan fingerprint density at radius 3 is 2.32 bits per heavy atom. The summed E-state index contributed by atoms with van der Waals surface area (Å²) in [7, 11) is -3.51. The number of fused-ring (bicyclic) bond motifs is 2. The van der Waals surface area contributed by atoms with E-state index >= 15 is 0 Å². The molecule has 0 spiro atoms. The highest BCUT2D eigenvalue weighted by atomic mass is 32.2. The molecule has 3 atom stereocenters. The average molecular weight is 542 g/mol. The number of piperidine rings is 1. The summed E-state index contributed by atoms with van der Waals surface area (Å²) in [6, 6.07) is 5.55. The van der Waals surface area contributed by atoms with Gasteiger partial charge in [-0.1, -0.05) is 12.1 Å². The molecule has 3 aliphatic rings. The van der Waals surface area contributed by atoms with E-state index < -0.39 is 33.3 Å². The maximum Gasteiger partial charge on any atom is 0.252 e. The third kappa shape index (κ3) is 6.79. The second kappa shape index (κ2) is 10.8. The van der Waals surface area contributed by atoms with Gasteiger partial charge in [-0.25, -0.2) is 17.2 Å². The van der Waals surface area contributed by atoms with Crippen molar-refractivity contribution in [3.05, 3.63) is 29.3 Å². The number of aromatic hydroxyl groups is 1. The minimum Gasteiger partial charge on any atom is -0.507 e. The fourth-order valence-corrected chi connectivity index (χ4v) is 7.08. The van der Waals surface area contributed by atoms with Crippen LogP contribution in [0.25, 0.3) is 0 Å². The number of primary amides is 1. The minimum absolute atomic E-state index is 0.0524. The summed E-state index contributed by atoms with van der Waals surface area (Å²) in [5.41, 5.74) is 6.25. The molecule has 1 aromatic rings. The third-order valence-corrected chi connectivity index (χ3v) is 9.11. The van der Waals surface area contributed by atoms with Gasteiger partial charge in [0.15, 0.2) is 9.84 Å². The Kier molecular flexibility index (Phi) is 8.13. The normalized spacial score (nSPS) is 26.2. The molecule has 1 unspecified atom stereocenters. The molecule has 2 heterocycles. The second-order valence-corrected chi connectivity index (χ2v) is 13.2. The Hall–Kier alpha value is -2.27. The van der Waals surface area contributed by atoms with Crippen molar-refractivity contribution in [1.29, 1.82) is 0 Å². The Balaban J connectivity index is 1.41. The number of amides is 2. The Bertz CT molecular complexity index is 1110. The van der Waals surface area contributed by atoms with Crippen molar-refractivity contribution < 1.29 is 31.9 Å². The van der Waals surface area contributed by atoms with Gasteiger partial charge < -0.3 is 15.7 Å². The molecule has 0 aromatic heterocycles. The molecule has 4 rings (SSSR count). The van der Waals surface area contributed by atoms with Gasteiger partial charge in [0.2, 0.25) is 11.8 Å². The van der Waals surface area contributed by atoms with Gasteiger partial charge in [-0.15, -0.1) is 0 Å². The molecule has 1 aliphatic carbocycles. The van der Waals surface area contributed by atoms with Crippen molar-refractivity contribution in [3.8, 4) is 5.75 Å². The first-order valence-corrected chi connectivity index (χ1v) is 15.1. The third-order valence-electron chi connectivity index (χ3n) is 8.34. The maximum atomic E-state index is 13.6. The number of rotatable bonds is 9. The minimum atomic E-state index is -3.51. The van der Waals surface area contributed by atoms with Gasteiger partial charge in [-0.05, 0) is 62.0 Å². The monoisotopic (exact) mass is 541 g/mol. The van der Waals surface area contributed by atoms with Crippen LogP contribution in [0.5, 0.6) is 5.75 Å². The summed E-state index contributed by atoms with van der Waals surface area (Å²) in [4.78, 5) is 28.5. The first-order chi connectivity index (χ1) is 17.3. The molecule has 1 saturated carbocycles. The Morgan fingerprint density at radius 2 is 1.76 bits per heavy atom. The van der Waals surface area contributed by atoms with E-state index in [1.165, 1.54) is 6.07 Å². The number of para-hydroxylation sites is 1. The number of hydrogen-bond donors (Lipinski definition) is 2. The van der Waals surface area contributed by atoms with Crippen molar-refractivity contribution in [2.45, 2.75) is 75.3 Å². The molecule has 3 N–H and O–H groups in total. The molecular formula is C26H37F2N3O5S. The summed E-state index contributed by atoms with van der Waals surface area (Å²) < 4.78 is 50.8. The lowest BCUT2D eigenvalue weighted by molar-refractivity contribution is -0.130. The van der Waals surface area contributed by atoms with E-state index in [0.717, 1.165) is 37.5 Å². The molecule has 8 nitrogen and oxygen atoms in total. The second-order valence-electron chi connectivity index (χ2n) is 11.1.